The maximum Gasteiger partial charge on any atom is 0.133 e. The van der Waals surface area contributed by atoms with Crippen molar-refractivity contribution in [1.82, 2.24) is 5.32 Å². The molecule has 0 fully saturated rings. The Morgan fingerprint density at radius 1 is 1.19 bits per heavy atom. The quantitative estimate of drug-likeness (QED) is 0.805. The van der Waals surface area contributed by atoms with Crippen molar-refractivity contribution in [3.8, 4) is 5.75 Å². The molecule has 0 aliphatic rings. The van der Waals surface area contributed by atoms with Crippen LogP contribution >= 0.6 is 15.9 Å². The van der Waals surface area contributed by atoms with Crippen LogP contribution in [-0.2, 0) is 6.54 Å². The van der Waals surface area contributed by atoms with Crippen LogP contribution in [0.5, 0.6) is 5.75 Å². The number of hydrogen-bond donors (Lipinski definition) is 2. The minimum absolute atomic E-state index is 0.267. The van der Waals surface area contributed by atoms with Crippen LogP contribution in [0.3, 0.4) is 0 Å². The van der Waals surface area contributed by atoms with Gasteiger partial charge in [0.1, 0.15) is 18.5 Å². The van der Waals surface area contributed by atoms with E-state index in [0.717, 1.165) is 16.8 Å². The third-order valence-corrected chi connectivity index (χ3v) is 3.69. The number of ether oxygens (including phenoxy) is 1. The highest BCUT2D eigenvalue weighted by atomic mass is 79.9. The van der Waals surface area contributed by atoms with Crippen LogP contribution in [-0.4, -0.2) is 24.4 Å². The molecular weight excluding hydrogens is 330 g/mol. The predicted molar refractivity (Wildman–Crippen MR) is 88.5 cm³/mol. The second kappa shape index (κ2) is 8.17. The number of nitrogens with one attached hydrogen (secondary N) is 1. The number of hydrogen-bond acceptors (Lipinski definition) is 3. The number of benzene rings is 2. The van der Waals surface area contributed by atoms with Crippen LogP contribution in [0.1, 0.15) is 11.1 Å². The predicted octanol–water partition coefficient (Wildman–Crippen LogP) is 3.29. The Balaban J connectivity index is 1.71. The molecule has 4 heteroatoms. The molecule has 0 aliphatic heterocycles. The Labute approximate surface area is 134 Å². The largest absolute Gasteiger partial charge is 0.490 e. The number of halogens is 1. The Kier molecular flexibility index (Phi) is 6.23. The third-order valence-electron chi connectivity index (χ3n) is 3.07. The van der Waals surface area contributed by atoms with Gasteiger partial charge in [-0.1, -0.05) is 36.4 Å². The number of aliphatic hydroxyl groups excluding tert-OH is 1. The Hall–Kier alpha value is -1.36. The normalized spacial score (nSPS) is 12.1. The minimum Gasteiger partial charge on any atom is -0.490 e. The topological polar surface area (TPSA) is 41.5 Å². The minimum atomic E-state index is -0.540. The van der Waals surface area contributed by atoms with Crippen molar-refractivity contribution in [3.05, 3.63) is 64.1 Å². The lowest BCUT2D eigenvalue weighted by molar-refractivity contribution is 0.106. The highest BCUT2D eigenvalue weighted by Crippen LogP contribution is 2.25. The van der Waals surface area contributed by atoms with E-state index in [2.05, 4.69) is 33.4 Å². The van der Waals surface area contributed by atoms with E-state index in [0.29, 0.717) is 6.54 Å². The molecule has 0 spiro atoms. The van der Waals surface area contributed by atoms with Crippen molar-refractivity contribution < 1.29 is 9.84 Å². The third kappa shape index (κ3) is 5.50. The molecule has 0 amide bonds. The molecule has 2 aromatic carbocycles. The fraction of sp³-hybridized carbons (Fsp3) is 0.294. The zero-order chi connectivity index (χ0) is 15.1. The zero-order valence-electron chi connectivity index (χ0n) is 12.1. The second-order valence-electron chi connectivity index (χ2n) is 5.02. The summed E-state index contributed by atoms with van der Waals surface area (Å²) in [6, 6.07) is 16.0. The van der Waals surface area contributed by atoms with Crippen LogP contribution in [0.2, 0.25) is 0 Å². The molecule has 21 heavy (non-hydrogen) atoms. The van der Waals surface area contributed by atoms with Crippen molar-refractivity contribution in [2.24, 2.45) is 0 Å². The molecular formula is C17H20BrNO2. The standard InChI is InChI=1S/C17H20BrNO2/c1-13-7-8-17(16(18)9-13)21-12-15(20)11-19-10-14-5-3-2-4-6-14/h2-9,15,19-20H,10-12H2,1H3. The van der Waals surface area contributed by atoms with Crippen LogP contribution in [0.25, 0.3) is 0 Å². The first-order valence-corrected chi connectivity index (χ1v) is 7.76. The van der Waals surface area contributed by atoms with Gasteiger partial charge in [0.25, 0.3) is 0 Å². The number of rotatable bonds is 7. The monoisotopic (exact) mass is 349 g/mol. The molecule has 0 bridgehead atoms. The lowest BCUT2D eigenvalue weighted by Gasteiger charge is -2.14. The highest BCUT2D eigenvalue weighted by Gasteiger charge is 2.07. The fourth-order valence-electron chi connectivity index (χ4n) is 1.95. The summed E-state index contributed by atoms with van der Waals surface area (Å²) in [6.45, 7) is 3.53. The van der Waals surface area contributed by atoms with Crippen molar-refractivity contribution in [3.63, 3.8) is 0 Å². The van der Waals surface area contributed by atoms with Gasteiger partial charge in [0, 0.05) is 13.1 Å². The summed E-state index contributed by atoms with van der Waals surface area (Å²) in [7, 11) is 0. The molecule has 0 aromatic heterocycles. The van der Waals surface area contributed by atoms with Crippen molar-refractivity contribution in [2.45, 2.75) is 19.6 Å². The maximum atomic E-state index is 9.93. The van der Waals surface area contributed by atoms with Gasteiger partial charge in [-0.3, -0.25) is 0 Å². The van der Waals surface area contributed by atoms with Crippen molar-refractivity contribution in [2.75, 3.05) is 13.2 Å². The molecule has 0 saturated heterocycles. The van der Waals surface area contributed by atoms with Crippen LogP contribution in [0, 0.1) is 6.92 Å². The SMILES string of the molecule is Cc1ccc(OCC(O)CNCc2ccccc2)c(Br)c1. The summed E-state index contributed by atoms with van der Waals surface area (Å²) in [5.41, 5.74) is 2.37. The molecule has 3 nitrogen and oxygen atoms in total. The van der Waals surface area contributed by atoms with E-state index in [1.165, 1.54) is 11.1 Å². The molecule has 1 atom stereocenters. The summed E-state index contributed by atoms with van der Waals surface area (Å²) in [4.78, 5) is 0. The Bertz CT molecular complexity index is 560. The van der Waals surface area contributed by atoms with Gasteiger partial charge in [-0.2, -0.15) is 0 Å². The molecule has 112 valence electrons. The zero-order valence-corrected chi connectivity index (χ0v) is 13.6. The van der Waals surface area contributed by atoms with Gasteiger partial charge in [0.15, 0.2) is 0 Å². The number of aliphatic hydroxyl groups is 1. The van der Waals surface area contributed by atoms with Gasteiger partial charge in [0.05, 0.1) is 4.47 Å². The van der Waals surface area contributed by atoms with E-state index in [9.17, 15) is 5.11 Å². The lowest BCUT2D eigenvalue weighted by Crippen LogP contribution is -2.31. The summed E-state index contributed by atoms with van der Waals surface area (Å²) in [5, 5.41) is 13.2. The van der Waals surface area contributed by atoms with Crippen LogP contribution < -0.4 is 10.1 Å². The first kappa shape index (κ1) is 16.0. The van der Waals surface area contributed by atoms with E-state index < -0.39 is 6.10 Å². The summed E-state index contributed by atoms with van der Waals surface area (Å²) in [5.74, 6) is 0.753. The molecule has 2 rings (SSSR count). The van der Waals surface area contributed by atoms with Crippen molar-refractivity contribution >= 4 is 15.9 Å². The van der Waals surface area contributed by atoms with Crippen LogP contribution in [0.15, 0.2) is 53.0 Å². The summed E-state index contributed by atoms with van der Waals surface area (Å²) in [6.07, 6.45) is -0.540. The summed E-state index contributed by atoms with van der Waals surface area (Å²) < 4.78 is 6.53. The van der Waals surface area contributed by atoms with Gasteiger partial charge >= 0.3 is 0 Å². The van der Waals surface area contributed by atoms with Crippen molar-refractivity contribution in [1.29, 1.82) is 0 Å². The summed E-state index contributed by atoms with van der Waals surface area (Å²) >= 11 is 3.46. The van der Waals surface area contributed by atoms with Gasteiger partial charge in [-0.25, -0.2) is 0 Å². The maximum absolute atomic E-state index is 9.93. The molecule has 0 heterocycles. The average molecular weight is 350 g/mol. The number of aryl methyl sites for hydroxylation is 1. The first-order chi connectivity index (χ1) is 10.1. The molecule has 2 aromatic rings. The van der Waals surface area contributed by atoms with E-state index >= 15 is 0 Å². The Morgan fingerprint density at radius 2 is 1.95 bits per heavy atom. The van der Waals surface area contributed by atoms with E-state index in [4.69, 9.17) is 4.74 Å². The van der Waals surface area contributed by atoms with Gasteiger partial charge in [-0.05, 0) is 46.1 Å². The molecule has 0 aliphatic carbocycles. The second-order valence-corrected chi connectivity index (χ2v) is 5.87. The smallest absolute Gasteiger partial charge is 0.133 e. The van der Waals surface area contributed by atoms with E-state index in [1.807, 2.05) is 43.3 Å². The highest BCUT2D eigenvalue weighted by molar-refractivity contribution is 9.10. The average Bonchev–Trinajstić information content (AvgIpc) is 2.47. The Morgan fingerprint density at radius 3 is 2.67 bits per heavy atom. The van der Waals surface area contributed by atoms with E-state index in [1.54, 1.807) is 0 Å². The van der Waals surface area contributed by atoms with E-state index in [-0.39, 0.29) is 6.61 Å². The molecule has 0 radical (unpaired) electrons. The molecule has 1 unspecified atom stereocenters. The lowest BCUT2D eigenvalue weighted by atomic mass is 10.2. The molecule has 2 N–H and O–H groups in total. The van der Waals surface area contributed by atoms with Gasteiger partial charge in [0.2, 0.25) is 0 Å². The first-order valence-electron chi connectivity index (χ1n) is 6.97. The van der Waals surface area contributed by atoms with Gasteiger partial charge < -0.3 is 15.2 Å². The fourth-order valence-corrected chi connectivity index (χ4v) is 2.55. The van der Waals surface area contributed by atoms with Crippen LogP contribution in [0.4, 0.5) is 0 Å². The molecule has 0 saturated carbocycles. The van der Waals surface area contributed by atoms with Gasteiger partial charge in [-0.15, -0.1) is 0 Å².